The standard InChI is InChI=1S/C12H7BrCl3N/c13-7-1-4-11(17-6-7)12(16)9-3-2-8(14)5-10(9)15/h1-6,12H. The van der Waals surface area contributed by atoms with Crippen molar-refractivity contribution < 1.29 is 0 Å². The van der Waals surface area contributed by atoms with Crippen molar-refractivity contribution >= 4 is 50.7 Å². The van der Waals surface area contributed by atoms with E-state index in [9.17, 15) is 0 Å². The van der Waals surface area contributed by atoms with E-state index < -0.39 is 0 Å². The monoisotopic (exact) mass is 349 g/mol. The summed E-state index contributed by atoms with van der Waals surface area (Å²) in [5.74, 6) is 0. The molecular formula is C12H7BrCl3N. The molecule has 0 bridgehead atoms. The average molecular weight is 351 g/mol. The second-order valence-corrected chi connectivity index (χ2v) is 5.63. The number of hydrogen-bond acceptors (Lipinski definition) is 1. The van der Waals surface area contributed by atoms with E-state index in [2.05, 4.69) is 20.9 Å². The van der Waals surface area contributed by atoms with Gasteiger partial charge in [-0.05, 0) is 45.8 Å². The van der Waals surface area contributed by atoms with Gasteiger partial charge in [0, 0.05) is 20.7 Å². The van der Waals surface area contributed by atoms with Crippen molar-refractivity contribution in [1.29, 1.82) is 0 Å². The second-order valence-electron chi connectivity index (χ2n) is 3.43. The molecule has 17 heavy (non-hydrogen) atoms. The lowest BCUT2D eigenvalue weighted by Crippen LogP contribution is -1.97. The zero-order chi connectivity index (χ0) is 12.4. The maximum atomic E-state index is 6.34. The predicted molar refractivity (Wildman–Crippen MR) is 76.1 cm³/mol. The van der Waals surface area contributed by atoms with E-state index in [4.69, 9.17) is 34.8 Å². The summed E-state index contributed by atoms with van der Waals surface area (Å²) >= 11 is 21.6. The fraction of sp³-hybridized carbons (Fsp3) is 0.0833. The fourth-order valence-electron chi connectivity index (χ4n) is 1.40. The van der Waals surface area contributed by atoms with Crippen LogP contribution >= 0.6 is 50.7 Å². The molecule has 2 aromatic rings. The number of pyridine rings is 1. The van der Waals surface area contributed by atoms with Gasteiger partial charge in [-0.25, -0.2) is 0 Å². The van der Waals surface area contributed by atoms with Crippen molar-refractivity contribution in [3.63, 3.8) is 0 Å². The molecule has 0 saturated carbocycles. The zero-order valence-corrected chi connectivity index (χ0v) is 12.4. The smallest absolute Gasteiger partial charge is 0.102 e. The number of halogens is 4. The topological polar surface area (TPSA) is 12.9 Å². The van der Waals surface area contributed by atoms with Gasteiger partial charge in [-0.15, -0.1) is 11.6 Å². The molecule has 1 aromatic heterocycles. The molecule has 1 aromatic carbocycles. The van der Waals surface area contributed by atoms with Gasteiger partial charge in [0.2, 0.25) is 0 Å². The molecule has 0 spiro atoms. The van der Waals surface area contributed by atoms with Crippen LogP contribution in [0.4, 0.5) is 0 Å². The van der Waals surface area contributed by atoms with Crippen LogP contribution in [0.1, 0.15) is 16.6 Å². The van der Waals surface area contributed by atoms with Gasteiger partial charge in [-0.3, -0.25) is 4.98 Å². The number of rotatable bonds is 2. The molecule has 1 nitrogen and oxygen atoms in total. The maximum absolute atomic E-state index is 6.34. The summed E-state index contributed by atoms with van der Waals surface area (Å²) in [6, 6.07) is 8.99. The van der Waals surface area contributed by atoms with E-state index in [0.29, 0.717) is 10.0 Å². The SMILES string of the molecule is Clc1ccc(C(Cl)c2ccc(Br)cn2)c(Cl)c1. The Bertz CT molecular complexity index is 528. The molecule has 88 valence electrons. The molecule has 0 N–H and O–H groups in total. The Labute approximate surface area is 123 Å². The van der Waals surface area contributed by atoms with Crippen LogP contribution in [0, 0.1) is 0 Å². The molecule has 1 unspecified atom stereocenters. The minimum atomic E-state index is -0.382. The van der Waals surface area contributed by atoms with Gasteiger partial charge in [0.05, 0.1) is 5.69 Å². The summed E-state index contributed by atoms with van der Waals surface area (Å²) in [4.78, 5) is 4.25. The Hall–Kier alpha value is -0.280. The Morgan fingerprint density at radius 3 is 2.47 bits per heavy atom. The van der Waals surface area contributed by atoms with Crippen molar-refractivity contribution in [1.82, 2.24) is 4.98 Å². The van der Waals surface area contributed by atoms with Crippen molar-refractivity contribution in [2.45, 2.75) is 5.38 Å². The highest BCUT2D eigenvalue weighted by Gasteiger charge is 2.15. The summed E-state index contributed by atoms with van der Waals surface area (Å²) in [6.45, 7) is 0. The third kappa shape index (κ3) is 3.14. The minimum Gasteiger partial charge on any atom is -0.258 e. The highest BCUT2D eigenvalue weighted by atomic mass is 79.9. The summed E-state index contributed by atoms with van der Waals surface area (Å²) in [5, 5.41) is 0.751. The molecular weight excluding hydrogens is 344 g/mol. The number of nitrogens with zero attached hydrogens (tertiary/aromatic N) is 1. The highest BCUT2D eigenvalue weighted by molar-refractivity contribution is 9.10. The second kappa shape index (κ2) is 5.57. The van der Waals surface area contributed by atoms with Gasteiger partial charge >= 0.3 is 0 Å². The number of hydrogen-bond donors (Lipinski definition) is 0. The molecule has 1 heterocycles. The van der Waals surface area contributed by atoms with Crippen LogP contribution in [0.2, 0.25) is 10.0 Å². The molecule has 0 aliphatic heterocycles. The van der Waals surface area contributed by atoms with E-state index in [1.807, 2.05) is 18.2 Å². The number of alkyl halides is 1. The average Bonchev–Trinajstić information content (AvgIpc) is 2.29. The van der Waals surface area contributed by atoms with Gasteiger partial charge < -0.3 is 0 Å². The Morgan fingerprint density at radius 2 is 1.88 bits per heavy atom. The van der Waals surface area contributed by atoms with Crippen molar-refractivity contribution in [2.75, 3.05) is 0 Å². The van der Waals surface area contributed by atoms with Gasteiger partial charge in [0.1, 0.15) is 5.38 Å². The van der Waals surface area contributed by atoms with Crippen molar-refractivity contribution in [3.8, 4) is 0 Å². The predicted octanol–water partition coefficient (Wildman–Crippen LogP) is 5.48. The largest absolute Gasteiger partial charge is 0.258 e. The lowest BCUT2D eigenvalue weighted by atomic mass is 10.1. The van der Waals surface area contributed by atoms with E-state index >= 15 is 0 Å². The lowest BCUT2D eigenvalue weighted by molar-refractivity contribution is 1.03. The van der Waals surface area contributed by atoms with Gasteiger partial charge in [-0.1, -0.05) is 29.3 Å². The van der Waals surface area contributed by atoms with E-state index in [-0.39, 0.29) is 5.38 Å². The molecule has 0 radical (unpaired) electrons. The minimum absolute atomic E-state index is 0.382. The quantitative estimate of drug-likeness (QED) is 0.653. The molecule has 0 aliphatic rings. The summed E-state index contributed by atoms with van der Waals surface area (Å²) < 4.78 is 0.910. The fourth-order valence-corrected chi connectivity index (χ4v) is 2.53. The summed E-state index contributed by atoms with van der Waals surface area (Å²) in [6.07, 6.45) is 1.70. The first-order valence-electron chi connectivity index (χ1n) is 4.78. The van der Waals surface area contributed by atoms with Gasteiger partial charge in [-0.2, -0.15) is 0 Å². The normalized spacial score (nSPS) is 12.5. The van der Waals surface area contributed by atoms with Crippen LogP contribution in [-0.2, 0) is 0 Å². The molecule has 0 fully saturated rings. The third-order valence-electron chi connectivity index (χ3n) is 2.25. The molecule has 0 aliphatic carbocycles. The van der Waals surface area contributed by atoms with E-state index in [0.717, 1.165) is 15.7 Å². The summed E-state index contributed by atoms with van der Waals surface area (Å²) in [7, 11) is 0. The molecule has 1 atom stereocenters. The van der Waals surface area contributed by atoms with Crippen molar-refractivity contribution in [3.05, 3.63) is 62.3 Å². The molecule has 5 heteroatoms. The first-order chi connectivity index (χ1) is 8.08. The molecule has 0 amide bonds. The number of benzene rings is 1. The lowest BCUT2D eigenvalue weighted by Gasteiger charge is -2.11. The zero-order valence-electron chi connectivity index (χ0n) is 8.50. The third-order valence-corrected chi connectivity index (χ3v) is 3.74. The van der Waals surface area contributed by atoms with Crippen LogP contribution < -0.4 is 0 Å². The molecule has 2 rings (SSSR count). The highest BCUT2D eigenvalue weighted by Crippen LogP contribution is 2.34. The first-order valence-corrected chi connectivity index (χ1v) is 6.77. The van der Waals surface area contributed by atoms with E-state index in [1.165, 1.54) is 0 Å². The van der Waals surface area contributed by atoms with Gasteiger partial charge in [0.15, 0.2) is 0 Å². The Balaban J connectivity index is 2.36. The Morgan fingerprint density at radius 1 is 1.12 bits per heavy atom. The molecule has 0 saturated heterocycles. The van der Waals surface area contributed by atoms with Gasteiger partial charge in [0.25, 0.3) is 0 Å². The van der Waals surface area contributed by atoms with E-state index in [1.54, 1.807) is 18.3 Å². The van der Waals surface area contributed by atoms with Crippen LogP contribution in [-0.4, -0.2) is 4.98 Å². The van der Waals surface area contributed by atoms with Crippen LogP contribution in [0.15, 0.2) is 41.0 Å². The first kappa shape index (κ1) is 13.2. The Kier molecular flexibility index (Phi) is 4.31. The maximum Gasteiger partial charge on any atom is 0.102 e. The summed E-state index contributed by atoms with van der Waals surface area (Å²) in [5.41, 5.74) is 1.55. The van der Waals surface area contributed by atoms with Crippen molar-refractivity contribution in [2.24, 2.45) is 0 Å². The van der Waals surface area contributed by atoms with Crippen LogP contribution in [0.5, 0.6) is 0 Å². The van der Waals surface area contributed by atoms with Crippen LogP contribution in [0.25, 0.3) is 0 Å². The number of aromatic nitrogens is 1. The van der Waals surface area contributed by atoms with Crippen LogP contribution in [0.3, 0.4) is 0 Å².